The SMILES string of the molecule is Clc1cccc(-n2cc(-c3ccccc3)c3c(N4CCCCCC4)ncnc32)c1. The Morgan fingerprint density at radius 2 is 1.62 bits per heavy atom. The lowest BCUT2D eigenvalue weighted by Crippen LogP contribution is -2.25. The maximum Gasteiger partial charge on any atom is 0.150 e. The molecule has 0 saturated carbocycles. The van der Waals surface area contributed by atoms with Crippen molar-refractivity contribution in [2.45, 2.75) is 25.7 Å². The number of fused-ring (bicyclic) bond motifs is 1. The van der Waals surface area contributed by atoms with Crippen LogP contribution in [0.2, 0.25) is 5.02 Å². The van der Waals surface area contributed by atoms with E-state index in [2.05, 4.69) is 46.0 Å². The Bertz CT molecular complexity index is 1130. The van der Waals surface area contributed by atoms with Crippen molar-refractivity contribution in [3.63, 3.8) is 0 Å². The van der Waals surface area contributed by atoms with Crippen molar-refractivity contribution in [1.82, 2.24) is 14.5 Å². The largest absolute Gasteiger partial charge is 0.356 e. The average Bonchev–Trinajstić information content (AvgIpc) is 2.94. The van der Waals surface area contributed by atoms with Gasteiger partial charge >= 0.3 is 0 Å². The van der Waals surface area contributed by atoms with Crippen LogP contribution in [0.4, 0.5) is 5.82 Å². The van der Waals surface area contributed by atoms with Gasteiger partial charge < -0.3 is 9.47 Å². The molecule has 4 aromatic rings. The molecule has 1 aliphatic rings. The van der Waals surface area contributed by atoms with Crippen LogP contribution in [0, 0.1) is 0 Å². The standard InChI is InChI=1S/C24H23ClN4/c25-19-11-8-12-20(15-19)29-16-21(18-9-4-3-5-10-18)22-23(26-17-27-24(22)29)28-13-6-1-2-7-14-28/h3-5,8-12,15-17H,1-2,6-7,13-14H2. The predicted octanol–water partition coefficient (Wildman–Crippen LogP) is 6.12. The molecule has 0 spiro atoms. The molecule has 0 radical (unpaired) electrons. The molecule has 0 N–H and O–H groups in total. The van der Waals surface area contributed by atoms with Gasteiger partial charge in [-0.3, -0.25) is 0 Å². The van der Waals surface area contributed by atoms with Gasteiger partial charge in [-0.05, 0) is 36.6 Å². The fourth-order valence-electron chi connectivity index (χ4n) is 4.23. The van der Waals surface area contributed by atoms with E-state index in [9.17, 15) is 0 Å². The maximum absolute atomic E-state index is 6.29. The normalized spacial score (nSPS) is 14.9. The Hall–Kier alpha value is -2.85. The topological polar surface area (TPSA) is 34.0 Å². The molecule has 5 rings (SSSR count). The first-order valence-corrected chi connectivity index (χ1v) is 10.6. The van der Waals surface area contributed by atoms with Crippen molar-refractivity contribution in [1.29, 1.82) is 0 Å². The molecule has 0 bridgehead atoms. The number of aromatic nitrogens is 3. The molecular formula is C24H23ClN4. The van der Waals surface area contributed by atoms with E-state index in [0.717, 1.165) is 41.2 Å². The van der Waals surface area contributed by atoms with Crippen LogP contribution >= 0.6 is 11.6 Å². The van der Waals surface area contributed by atoms with Gasteiger partial charge in [0.15, 0.2) is 5.65 Å². The van der Waals surface area contributed by atoms with Gasteiger partial charge in [-0.2, -0.15) is 0 Å². The molecule has 1 fully saturated rings. The molecule has 0 unspecified atom stereocenters. The minimum atomic E-state index is 0.715. The van der Waals surface area contributed by atoms with Crippen LogP contribution in [0.5, 0.6) is 0 Å². The van der Waals surface area contributed by atoms with E-state index in [4.69, 9.17) is 21.6 Å². The van der Waals surface area contributed by atoms with E-state index in [1.165, 1.54) is 31.2 Å². The van der Waals surface area contributed by atoms with E-state index in [1.807, 2.05) is 24.3 Å². The van der Waals surface area contributed by atoms with Crippen LogP contribution in [0.25, 0.3) is 27.8 Å². The third-order valence-electron chi connectivity index (χ3n) is 5.64. The minimum Gasteiger partial charge on any atom is -0.356 e. The molecule has 1 aliphatic heterocycles. The second-order valence-corrected chi connectivity index (χ2v) is 7.99. The van der Waals surface area contributed by atoms with Crippen LogP contribution in [-0.4, -0.2) is 27.6 Å². The zero-order valence-corrected chi connectivity index (χ0v) is 17.0. The van der Waals surface area contributed by atoms with Crippen molar-refractivity contribution in [3.05, 3.63) is 72.1 Å². The highest BCUT2D eigenvalue weighted by atomic mass is 35.5. The molecule has 2 aromatic carbocycles. The van der Waals surface area contributed by atoms with Crippen LogP contribution in [0.3, 0.4) is 0 Å². The van der Waals surface area contributed by atoms with E-state index in [1.54, 1.807) is 6.33 Å². The molecule has 146 valence electrons. The first-order chi connectivity index (χ1) is 14.3. The Balaban J connectivity index is 1.77. The first kappa shape index (κ1) is 18.2. The van der Waals surface area contributed by atoms with Gasteiger partial charge in [0.05, 0.1) is 5.39 Å². The fourth-order valence-corrected chi connectivity index (χ4v) is 4.41. The highest BCUT2D eigenvalue weighted by Crippen LogP contribution is 2.37. The smallest absolute Gasteiger partial charge is 0.150 e. The third kappa shape index (κ3) is 3.49. The van der Waals surface area contributed by atoms with Crippen molar-refractivity contribution in [2.24, 2.45) is 0 Å². The van der Waals surface area contributed by atoms with Crippen LogP contribution < -0.4 is 4.90 Å². The predicted molar refractivity (Wildman–Crippen MR) is 120 cm³/mol. The van der Waals surface area contributed by atoms with E-state index >= 15 is 0 Å². The number of halogens is 1. The van der Waals surface area contributed by atoms with Gasteiger partial charge in [-0.1, -0.05) is 60.8 Å². The zero-order chi connectivity index (χ0) is 19.6. The van der Waals surface area contributed by atoms with Gasteiger partial charge in [-0.15, -0.1) is 0 Å². The van der Waals surface area contributed by atoms with E-state index in [0.29, 0.717) is 5.02 Å². The van der Waals surface area contributed by atoms with Gasteiger partial charge in [0, 0.05) is 35.6 Å². The summed E-state index contributed by atoms with van der Waals surface area (Å²) in [6.45, 7) is 2.09. The van der Waals surface area contributed by atoms with Crippen molar-refractivity contribution in [2.75, 3.05) is 18.0 Å². The summed E-state index contributed by atoms with van der Waals surface area (Å²) in [4.78, 5) is 11.9. The molecule has 2 aromatic heterocycles. The molecule has 0 atom stereocenters. The highest BCUT2D eigenvalue weighted by molar-refractivity contribution is 6.30. The van der Waals surface area contributed by atoms with E-state index < -0.39 is 0 Å². The van der Waals surface area contributed by atoms with Crippen molar-refractivity contribution in [3.8, 4) is 16.8 Å². The Kier molecular flexibility index (Phi) is 4.94. The quantitative estimate of drug-likeness (QED) is 0.414. The molecule has 4 nitrogen and oxygen atoms in total. The van der Waals surface area contributed by atoms with Gasteiger partial charge in [0.25, 0.3) is 0 Å². The first-order valence-electron chi connectivity index (χ1n) is 10.2. The van der Waals surface area contributed by atoms with Gasteiger partial charge in [0.2, 0.25) is 0 Å². The van der Waals surface area contributed by atoms with Gasteiger partial charge in [0.1, 0.15) is 12.1 Å². The maximum atomic E-state index is 6.29. The van der Waals surface area contributed by atoms with Crippen molar-refractivity contribution < 1.29 is 0 Å². The Labute approximate surface area is 175 Å². The second kappa shape index (κ2) is 7.88. The minimum absolute atomic E-state index is 0.715. The summed E-state index contributed by atoms with van der Waals surface area (Å²) in [6.07, 6.45) is 8.86. The average molecular weight is 403 g/mol. The zero-order valence-electron chi connectivity index (χ0n) is 16.3. The summed E-state index contributed by atoms with van der Waals surface area (Å²) in [6, 6.07) is 18.4. The number of rotatable bonds is 3. The molecule has 1 saturated heterocycles. The summed E-state index contributed by atoms with van der Waals surface area (Å²) >= 11 is 6.29. The molecule has 29 heavy (non-hydrogen) atoms. The lowest BCUT2D eigenvalue weighted by atomic mass is 10.1. The summed E-state index contributed by atoms with van der Waals surface area (Å²) in [5, 5.41) is 1.83. The fraction of sp³-hybridized carbons (Fsp3) is 0.250. The number of benzene rings is 2. The molecule has 5 heteroatoms. The molecule has 0 aliphatic carbocycles. The summed E-state index contributed by atoms with van der Waals surface area (Å²) < 4.78 is 2.13. The van der Waals surface area contributed by atoms with Gasteiger partial charge in [-0.25, -0.2) is 9.97 Å². The summed E-state index contributed by atoms with van der Waals surface area (Å²) in [7, 11) is 0. The lowest BCUT2D eigenvalue weighted by molar-refractivity contribution is 0.726. The summed E-state index contributed by atoms with van der Waals surface area (Å²) in [5.41, 5.74) is 4.25. The molecule has 3 heterocycles. The summed E-state index contributed by atoms with van der Waals surface area (Å²) in [5.74, 6) is 1.04. The third-order valence-corrected chi connectivity index (χ3v) is 5.87. The highest BCUT2D eigenvalue weighted by Gasteiger charge is 2.21. The number of hydrogen-bond acceptors (Lipinski definition) is 3. The monoisotopic (exact) mass is 402 g/mol. The molecular weight excluding hydrogens is 380 g/mol. The number of hydrogen-bond donors (Lipinski definition) is 0. The Morgan fingerprint density at radius 3 is 2.38 bits per heavy atom. The van der Waals surface area contributed by atoms with Crippen LogP contribution in [-0.2, 0) is 0 Å². The second-order valence-electron chi connectivity index (χ2n) is 7.56. The molecule has 0 amide bonds. The number of anilines is 1. The van der Waals surface area contributed by atoms with Crippen LogP contribution in [0.1, 0.15) is 25.7 Å². The Morgan fingerprint density at radius 1 is 0.828 bits per heavy atom. The van der Waals surface area contributed by atoms with Crippen molar-refractivity contribution >= 4 is 28.5 Å². The number of nitrogens with zero attached hydrogens (tertiary/aromatic N) is 4. The van der Waals surface area contributed by atoms with Crippen LogP contribution in [0.15, 0.2) is 67.1 Å². The lowest BCUT2D eigenvalue weighted by Gasteiger charge is -2.22. The van der Waals surface area contributed by atoms with E-state index in [-0.39, 0.29) is 0 Å².